The summed E-state index contributed by atoms with van der Waals surface area (Å²) >= 11 is 1.61. The van der Waals surface area contributed by atoms with Gasteiger partial charge in [-0.15, -0.1) is 11.3 Å². The van der Waals surface area contributed by atoms with Gasteiger partial charge in [0.15, 0.2) is 0 Å². The number of hydrogen-bond acceptors (Lipinski definition) is 5. The maximum atomic E-state index is 13.1. The Labute approximate surface area is 192 Å². The molecular formula is C26H28N4OS. The van der Waals surface area contributed by atoms with E-state index >= 15 is 0 Å². The second kappa shape index (κ2) is 8.98. The van der Waals surface area contributed by atoms with E-state index < -0.39 is 0 Å². The molecule has 1 aliphatic rings. The van der Waals surface area contributed by atoms with Crippen molar-refractivity contribution >= 4 is 21.6 Å². The van der Waals surface area contributed by atoms with Crippen molar-refractivity contribution in [1.82, 2.24) is 19.8 Å². The lowest BCUT2D eigenvalue weighted by molar-refractivity contribution is 0.120. The number of fused-ring (bicyclic) bond motifs is 1. The molecule has 0 radical (unpaired) electrons. The van der Waals surface area contributed by atoms with E-state index in [9.17, 15) is 4.79 Å². The maximum absolute atomic E-state index is 13.1. The molecule has 1 saturated heterocycles. The molecule has 2 aromatic carbocycles. The maximum Gasteiger partial charge on any atom is 0.260 e. The molecule has 0 unspecified atom stereocenters. The predicted molar refractivity (Wildman–Crippen MR) is 132 cm³/mol. The standard InChI is InChI=1S/C26H28N4OS/c1-18-8-10-21(11-9-18)23-19(2)32-26-24(23)25(31)27-22(28-26)17-30-14-12-29(13-15-30)16-20-6-4-3-5-7-20/h3-11H,12-17H2,1-2H3,(H,27,28,31). The third-order valence-electron chi connectivity index (χ3n) is 6.21. The van der Waals surface area contributed by atoms with E-state index in [1.807, 2.05) is 0 Å². The molecule has 3 heterocycles. The Hall–Kier alpha value is -2.80. The van der Waals surface area contributed by atoms with Crippen LogP contribution in [0.2, 0.25) is 0 Å². The van der Waals surface area contributed by atoms with E-state index in [4.69, 9.17) is 4.98 Å². The van der Waals surface area contributed by atoms with Gasteiger partial charge in [-0.05, 0) is 25.0 Å². The molecule has 1 N–H and O–H groups in total. The van der Waals surface area contributed by atoms with Crippen molar-refractivity contribution in [2.45, 2.75) is 26.9 Å². The Bertz CT molecular complexity index is 1270. The van der Waals surface area contributed by atoms with Crippen LogP contribution in [0.5, 0.6) is 0 Å². The first-order valence-electron chi connectivity index (χ1n) is 11.1. The quantitative estimate of drug-likeness (QED) is 0.489. The molecular weight excluding hydrogens is 416 g/mol. The number of aromatic amines is 1. The van der Waals surface area contributed by atoms with Gasteiger partial charge in [0, 0.05) is 43.2 Å². The van der Waals surface area contributed by atoms with Crippen LogP contribution < -0.4 is 5.56 Å². The molecule has 0 amide bonds. The molecule has 0 spiro atoms. The minimum atomic E-state index is -0.0346. The van der Waals surface area contributed by atoms with Crippen molar-refractivity contribution in [3.8, 4) is 11.1 Å². The average Bonchev–Trinajstić information content (AvgIpc) is 3.13. The van der Waals surface area contributed by atoms with E-state index in [0.29, 0.717) is 11.9 Å². The van der Waals surface area contributed by atoms with Crippen molar-refractivity contribution in [3.05, 3.63) is 86.8 Å². The van der Waals surface area contributed by atoms with Crippen LogP contribution in [0.25, 0.3) is 21.3 Å². The van der Waals surface area contributed by atoms with Crippen molar-refractivity contribution < 1.29 is 0 Å². The van der Waals surface area contributed by atoms with Gasteiger partial charge in [0.2, 0.25) is 0 Å². The molecule has 5 rings (SSSR count). The van der Waals surface area contributed by atoms with Crippen LogP contribution in [0.15, 0.2) is 59.4 Å². The lowest BCUT2D eigenvalue weighted by atomic mass is 10.0. The molecule has 2 aromatic heterocycles. The number of H-pyrrole nitrogens is 1. The van der Waals surface area contributed by atoms with E-state index in [1.54, 1.807) is 11.3 Å². The van der Waals surface area contributed by atoms with E-state index in [1.165, 1.54) is 11.1 Å². The fourth-order valence-corrected chi connectivity index (χ4v) is 5.53. The Morgan fingerprint density at radius 2 is 1.56 bits per heavy atom. The number of nitrogens with zero attached hydrogens (tertiary/aromatic N) is 3. The number of nitrogens with one attached hydrogen (secondary N) is 1. The molecule has 1 aliphatic heterocycles. The predicted octanol–water partition coefficient (Wildman–Crippen LogP) is 4.59. The number of benzene rings is 2. The van der Waals surface area contributed by atoms with Crippen LogP contribution in [-0.4, -0.2) is 45.9 Å². The summed E-state index contributed by atoms with van der Waals surface area (Å²) in [5.41, 5.74) is 4.63. The minimum absolute atomic E-state index is 0.0346. The molecule has 6 heteroatoms. The summed E-state index contributed by atoms with van der Waals surface area (Å²) in [6, 6.07) is 19.0. The summed E-state index contributed by atoms with van der Waals surface area (Å²) < 4.78 is 0. The van der Waals surface area contributed by atoms with Crippen molar-refractivity contribution in [1.29, 1.82) is 0 Å². The average molecular weight is 445 g/mol. The van der Waals surface area contributed by atoms with E-state index in [-0.39, 0.29) is 5.56 Å². The Balaban J connectivity index is 1.31. The van der Waals surface area contributed by atoms with Gasteiger partial charge in [-0.2, -0.15) is 0 Å². The minimum Gasteiger partial charge on any atom is -0.309 e. The number of aromatic nitrogens is 2. The first-order valence-corrected chi connectivity index (χ1v) is 12.0. The van der Waals surface area contributed by atoms with Gasteiger partial charge in [0.25, 0.3) is 5.56 Å². The molecule has 0 aliphatic carbocycles. The van der Waals surface area contributed by atoms with Crippen LogP contribution in [0.1, 0.15) is 21.8 Å². The van der Waals surface area contributed by atoms with Crippen LogP contribution in [0, 0.1) is 13.8 Å². The van der Waals surface area contributed by atoms with E-state index in [2.05, 4.69) is 83.2 Å². The Kier molecular flexibility index (Phi) is 5.91. The van der Waals surface area contributed by atoms with Gasteiger partial charge in [-0.3, -0.25) is 14.6 Å². The van der Waals surface area contributed by atoms with Crippen LogP contribution in [0.3, 0.4) is 0 Å². The number of aryl methyl sites for hydroxylation is 2. The largest absolute Gasteiger partial charge is 0.309 e. The molecule has 32 heavy (non-hydrogen) atoms. The van der Waals surface area contributed by atoms with Gasteiger partial charge < -0.3 is 4.98 Å². The van der Waals surface area contributed by atoms with Gasteiger partial charge in [-0.1, -0.05) is 60.2 Å². The van der Waals surface area contributed by atoms with Gasteiger partial charge in [0.1, 0.15) is 10.7 Å². The summed E-state index contributed by atoms with van der Waals surface area (Å²) in [6.45, 7) is 9.83. The normalized spacial score (nSPS) is 15.4. The second-order valence-electron chi connectivity index (χ2n) is 8.63. The zero-order valence-electron chi connectivity index (χ0n) is 18.6. The Morgan fingerprint density at radius 3 is 2.25 bits per heavy atom. The van der Waals surface area contributed by atoms with Crippen molar-refractivity contribution in [3.63, 3.8) is 0 Å². The molecule has 1 fully saturated rings. The highest BCUT2D eigenvalue weighted by molar-refractivity contribution is 7.19. The summed E-state index contributed by atoms with van der Waals surface area (Å²) in [7, 11) is 0. The molecule has 5 nitrogen and oxygen atoms in total. The van der Waals surface area contributed by atoms with Crippen LogP contribution in [-0.2, 0) is 13.1 Å². The first-order chi connectivity index (χ1) is 15.6. The third kappa shape index (κ3) is 4.39. The van der Waals surface area contributed by atoms with Crippen molar-refractivity contribution in [2.75, 3.05) is 26.2 Å². The lowest BCUT2D eigenvalue weighted by Gasteiger charge is -2.34. The molecule has 164 valence electrons. The van der Waals surface area contributed by atoms with Gasteiger partial charge in [-0.25, -0.2) is 4.98 Å². The molecule has 0 atom stereocenters. The number of thiophene rings is 1. The fourth-order valence-electron chi connectivity index (χ4n) is 4.47. The smallest absolute Gasteiger partial charge is 0.260 e. The fraction of sp³-hybridized carbons (Fsp3) is 0.308. The molecule has 0 bridgehead atoms. The second-order valence-corrected chi connectivity index (χ2v) is 9.83. The highest BCUT2D eigenvalue weighted by Crippen LogP contribution is 2.35. The highest BCUT2D eigenvalue weighted by atomic mass is 32.1. The topological polar surface area (TPSA) is 52.2 Å². The monoisotopic (exact) mass is 444 g/mol. The number of piperazine rings is 1. The van der Waals surface area contributed by atoms with E-state index in [0.717, 1.165) is 59.4 Å². The zero-order valence-corrected chi connectivity index (χ0v) is 19.4. The van der Waals surface area contributed by atoms with Crippen LogP contribution in [0.4, 0.5) is 0 Å². The highest BCUT2D eigenvalue weighted by Gasteiger charge is 2.20. The summed E-state index contributed by atoms with van der Waals surface area (Å²) in [4.78, 5) is 27.8. The van der Waals surface area contributed by atoms with Gasteiger partial charge in [0.05, 0.1) is 11.9 Å². The number of hydrogen-bond donors (Lipinski definition) is 1. The number of rotatable bonds is 5. The zero-order chi connectivity index (χ0) is 22.1. The summed E-state index contributed by atoms with van der Waals surface area (Å²) in [5.74, 6) is 0.760. The lowest BCUT2D eigenvalue weighted by Crippen LogP contribution is -2.45. The van der Waals surface area contributed by atoms with Crippen LogP contribution >= 0.6 is 11.3 Å². The summed E-state index contributed by atoms with van der Waals surface area (Å²) in [6.07, 6.45) is 0. The molecule has 4 aromatic rings. The first kappa shape index (κ1) is 21.1. The third-order valence-corrected chi connectivity index (χ3v) is 7.21. The van der Waals surface area contributed by atoms with Crippen molar-refractivity contribution in [2.24, 2.45) is 0 Å². The molecule has 0 saturated carbocycles. The Morgan fingerprint density at radius 1 is 0.906 bits per heavy atom. The summed E-state index contributed by atoms with van der Waals surface area (Å²) in [5, 5.41) is 0.716. The van der Waals surface area contributed by atoms with Gasteiger partial charge >= 0.3 is 0 Å². The SMILES string of the molecule is Cc1ccc(-c2c(C)sc3nc(CN4CCN(Cc5ccccc5)CC4)[nH]c(=O)c23)cc1.